The van der Waals surface area contributed by atoms with Gasteiger partial charge in [0.05, 0.1) is 12.6 Å². The maximum Gasteiger partial charge on any atom is 0.319 e. The van der Waals surface area contributed by atoms with E-state index >= 15 is 0 Å². The zero-order chi connectivity index (χ0) is 15.4. The molecule has 112 valence electrons. The van der Waals surface area contributed by atoms with Crippen LogP contribution in [-0.2, 0) is 9.53 Å². The molecule has 1 aliphatic heterocycles. The fourth-order valence-corrected chi connectivity index (χ4v) is 2.24. The first-order valence-electron chi connectivity index (χ1n) is 6.72. The van der Waals surface area contributed by atoms with Crippen molar-refractivity contribution in [3.63, 3.8) is 0 Å². The number of urea groups is 1. The van der Waals surface area contributed by atoms with E-state index in [9.17, 15) is 14.0 Å². The van der Waals surface area contributed by atoms with Gasteiger partial charge in [-0.2, -0.15) is 0 Å². The van der Waals surface area contributed by atoms with Crippen LogP contribution in [-0.4, -0.2) is 18.6 Å². The smallest absolute Gasteiger partial charge is 0.319 e. The van der Waals surface area contributed by atoms with Crippen molar-refractivity contribution in [3.8, 4) is 0 Å². The molecule has 1 aromatic rings. The lowest BCUT2D eigenvalue weighted by molar-refractivity contribution is -0.148. The predicted molar refractivity (Wildman–Crippen MR) is 74.7 cm³/mol. The Morgan fingerprint density at radius 1 is 1.43 bits per heavy atom. The van der Waals surface area contributed by atoms with Crippen molar-refractivity contribution in [2.24, 2.45) is 5.92 Å². The van der Waals surface area contributed by atoms with Crippen molar-refractivity contribution in [1.82, 2.24) is 10.6 Å². The van der Waals surface area contributed by atoms with Crippen LogP contribution in [0, 0.1) is 11.7 Å². The van der Waals surface area contributed by atoms with E-state index in [4.69, 9.17) is 4.74 Å². The molecule has 2 N–H and O–H groups in total. The summed E-state index contributed by atoms with van der Waals surface area (Å²) in [5.41, 5.74) is 0.431. The number of ether oxygens (including phenoxy) is 1. The number of amides is 2. The average molecular weight is 292 g/mol. The molecule has 0 unspecified atom stereocenters. The number of esters is 1. The van der Waals surface area contributed by atoms with E-state index in [1.54, 1.807) is 12.1 Å². The summed E-state index contributed by atoms with van der Waals surface area (Å²) in [6.45, 7) is 5.82. The number of halogens is 1. The van der Waals surface area contributed by atoms with Crippen LogP contribution in [0.15, 0.2) is 36.5 Å². The molecule has 2 amide bonds. The summed E-state index contributed by atoms with van der Waals surface area (Å²) in [7, 11) is 0. The van der Waals surface area contributed by atoms with E-state index in [2.05, 4.69) is 17.2 Å². The maximum atomic E-state index is 14.0. The third-order valence-corrected chi connectivity index (χ3v) is 3.21. The molecule has 0 radical (unpaired) electrons. The molecule has 1 fully saturated rings. The van der Waals surface area contributed by atoms with Gasteiger partial charge < -0.3 is 15.4 Å². The second-order valence-electron chi connectivity index (χ2n) is 4.77. The van der Waals surface area contributed by atoms with Gasteiger partial charge in [-0.15, -0.1) is 0 Å². The number of nitrogens with one attached hydrogen (secondary N) is 2. The minimum absolute atomic E-state index is 0.202. The lowest BCUT2D eigenvalue weighted by Crippen LogP contribution is -2.51. The van der Waals surface area contributed by atoms with Crippen LogP contribution in [0.1, 0.15) is 24.9 Å². The molecule has 0 aliphatic carbocycles. The Balaban J connectivity index is 2.33. The minimum Gasteiger partial charge on any atom is -0.465 e. The van der Waals surface area contributed by atoms with Crippen LogP contribution in [0.5, 0.6) is 0 Å². The van der Waals surface area contributed by atoms with Gasteiger partial charge in [0.15, 0.2) is 0 Å². The van der Waals surface area contributed by atoms with Crippen molar-refractivity contribution in [2.45, 2.75) is 19.4 Å². The lowest BCUT2D eigenvalue weighted by atomic mass is 9.89. The van der Waals surface area contributed by atoms with Gasteiger partial charge in [-0.05, 0) is 12.5 Å². The number of benzene rings is 1. The zero-order valence-electron chi connectivity index (χ0n) is 11.7. The lowest BCUT2D eigenvalue weighted by Gasteiger charge is -2.33. The third kappa shape index (κ3) is 3.21. The quantitative estimate of drug-likeness (QED) is 0.836. The van der Waals surface area contributed by atoms with Crippen LogP contribution in [0.2, 0.25) is 0 Å². The maximum absolute atomic E-state index is 14.0. The highest BCUT2D eigenvalue weighted by Crippen LogP contribution is 2.31. The Labute approximate surface area is 122 Å². The van der Waals surface area contributed by atoms with Crippen molar-refractivity contribution < 1.29 is 18.7 Å². The van der Waals surface area contributed by atoms with Gasteiger partial charge in [0, 0.05) is 11.3 Å². The Kier molecular flexibility index (Phi) is 4.57. The molecule has 0 bridgehead atoms. The monoisotopic (exact) mass is 292 g/mol. The first kappa shape index (κ1) is 15.0. The molecule has 2 rings (SSSR count). The second kappa shape index (κ2) is 6.39. The molecule has 6 heteroatoms. The summed E-state index contributed by atoms with van der Waals surface area (Å²) < 4.78 is 19.1. The molecule has 21 heavy (non-hydrogen) atoms. The van der Waals surface area contributed by atoms with Crippen molar-refractivity contribution >= 4 is 12.0 Å². The number of carbonyl (C=O) groups is 2. The van der Waals surface area contributed by atoms with Crippen molar-refractivity contribution in [3.05, 3.63) is 47.9 Å². The fourth-order valence-electron chi connectivity index (χ4n) is 2.24. The van der Waals surface area contributed by atoms with E-state index in [-0.39, 0.29) is 17.9 Å². The molecule has 1 aliphatic rings. The molecular formula is C15H17FN2O3. The molecule has 0 spiro atoms. The second-order valence-corrected chi connectivity index (χ2v) is 4.77. The highest BCUT2D eigenvalue weighted by molar-refractivity contribution is 5.85. The summed E-state index contributed by atoms with van der Waals surface area (Å²) in [5.74, 6) is -1.90. The van der Waals surface area contributed by atoms with Gasteiger partial charge in [0.1, 0.15) is 11.7 Å². The minimum atomic E-state index is -0.869. The fraction of sp³-hybridized carbons (Fsp3) is 0.333. The highest BCUT2D eigenvalue weighted by atomic mass is 19.1. The van der Waals surface area contributed by atoms with E-state index in [0.29, 0.717) is 6.42 Å². The molecular weight excluding hydrogens is 275 g/mol. The van der Waals surface area contributed by atoms with Crippen LogP contribution in [0.4, 0.5) is 9.18 Å². The molecule has 1 saturated heterocycles. The molecule has 0 saturated carbocycles. The van der Waals surface area contributed by atoms with Gasteiger partial charge in [-0.25, -0.2) is 9.18 Å². The molecule has 2 atom stereocenters. The standard InChI is InChI=1S/C15H17FN2O3/c1-3-8-21-14(19)12-9(2)17-15(20)18-13(12)10-6-4-5-7-11(10)16/h4-7,12-13H,2-3,8H2,1H3,(H2,17,18,20)/t12-,13-/m1/s1. The van der Waals surface area contributed by atoms with Crippen LogP contribution < -0.4 is 10.6 Å². The Bertz CT molecular complexity index is 574. The number of carbonyl (C=O) groups excluding carboxylic acids is 2. The van der Waals surface area contributed by atoms with Crippen LogP contribution in [0.25, 0.3) is 0 Å². The summed E-state index contributed by atoms with van der Waals surface area (Å²) >= 11 is 0. The largest absolute Gasteiger partial charge is 0.465 e. The number of hydrogen-bond donors (Lipinski definition) is 2. The van der Waals surface area contributed by atoms with Crippen molar-refractivity contribution in [2.75, 3.05) is 6.61 Å². The van der Waals surface area contributed by atoms with E-state index in [0.717, 1.165) is 0 Å². The average Bonchev–Trinajstić information content (AvgIpc) is 2.44. The first-order valence-corrected chi connectivity index (χ1v) is 6.72. The summed E-state index contributed by atoms with van der Waals surface area (Å²) in [4.78, 5) is 23.8. The van der Waals surface area contributed by atoms with E-state index in [1.165, 1.54) is 12.1 Å². The Hall–Kier alpha value is -2.37. The first-order chi connectivity index (χ1) is 10.0. The van der Waals surface area contributed by atoms with Gasteiger partial charge in [-0.1, -0.05) is 31.7 Å². The topological polar surface area (TPSA) is 67.4 Å². The predicted octanol–water partition coefficient (Wildman–Crippen LogP) is 2.26. The van der Waals surface area contributed by atoms with Gasteiger partial charge in [0.2, 0.25) is 0 Å². The third-order valence-electron chi connectivity index (χ3n) is 3.21. The number of hydrogen-bond acceptors (Lipinski definition) is 3. The SMILES string of the molecule is C=C1NC(=O)N[C@H](c2ccccc2F)[C@@H]1C(=O)OCCC. The van der Waals surface area contributed by atoms with Gasteiger partial charge in [0.25, 0.3) is 0 Å². The highest BCUT2D eigenvalue weighted by Gasteiger charge is 2.39. The molecule has 0 aromatic heterocycles. The summed E-state index contributed by atoms with van der Waals surface area (Å²) in [6.07, 6.45) is 0.676. The molecule has 5 nitrogen and oxygen atoms in total. The molecule has 1 heterocycles. The van der Waals surface area contributed by atoms with Gasteiger partial charge in [-0.3, -0.25) is 4.79 Å². The van der Waals surface area contributed by atoms with Crippen molar-refractivity contribution in [1.29, 1.82) is 0 Å². The molecule has 1 aromatic carbocycles. The van der Waals surface area contributed by atoms with E-state index in [1.807, 2.05) is 6.92 Å². The number of rotatable bonds is 4. The van der Waals surface area contributed by atoms with Crippen LogP contribution in [0.3, 0.4) is 0 Å². The van der Waals surface area contributed by atoms with Crippen LogP contribution >= 0.6 is 0 Å². The summed E-state index contributed by atoms with van der Waals surface area (Å²) in [6, 6.07) is 4.63. The van der Waals surface area contributed by atoms with Gasteiger partial charge >= 0.3 is 12.0 Å². The van der Waals surface area contributed by atoms with E-state index < -0.39 is 29.8 Å². The Morgan fingerprint density at radius 2 is 2.14 bits per heavy atom. The zero-order valence-corrected chi connectivity index (χ0v) is 11.7. The normalized spacial score (nSPS) is 21.4. The summed E-state index contributed by atoms with van der Waals surface area (Å²) in [5, 5.41) is 5.00. The Morgan fingerprint density at radius 3 is 2.81 bits per heavy atom.